The number of carbonyl (C=O) groups excluding carboxylic acids is 1. The lowest BCUT2D eigenvalue weighted by molar-refractivity contribution is -0.137. The second-order valence-electron chi connectivity index (χ2n) is 11.5. The largest absolute Gasteiger partial charge is 0.485 e. The van der Waals surface area contributed by atoms with Crippen molar-refractivity contribution >= 4 is 17.4 Å². The molecule has 1 aromatic carbocycles. The first-order valence-electron chi connectivity index (χ1n) is 14.5. The molecule has 1 atom stereocenters. The maximum Gasteiger partial charge on any atom is 0.253 e. The molecule has 1 aliphatic carbocycles. The Bertz CT molecular complexity index is 1290. The summed E-state index contributed by atoms with van der Waals surface area (Å²) in [4.78, 5) is 26.5. The molecule has 3 aliphatic rings. The Morgan fingerprint density at radius 1 is 0.895 bits per heavy atom. The van der Waals surface area contributed by atoms with Gasteiger partial charge >= 0.3 is 0 Å². The minimum atomic E-state index is 0.115. The highest BCUT2D eigenvalue weighted by atomic mass is 16.5. The van der Waals surface area contributed by atoms with Crippen molar-refractivity contribution < 1.29 is 9.53 Å². The van der Waals surface area contributed by atoms with E-state index in [1.54, 1.807) is 4.52 Å². The molecule has 0 radical (unpaired) electrons. The van der Waals surface area contributed by atoms with Crippen molar-refractivity contribution in [3.05, 3.63) is 47.0 Å². The van der Waals surface area contributed by atoms with E-state index in [-0.39, 0.29) is 12.0 Å². The van der Waals surface area contributed by atoms with Crippen LogP contribution in [0.1, 0.15) is 80.1 Å². The molecule has 3 fully saturated rings. The summed E-state index contributed by atoms with van der Waals surface area (Å²) in [5.74, 6) is 3.38. The van der Waals surface area contributed by atoms with Gasteiger partial charge < -0.3 is 14.5 Å². The number of piperidine rings is 1. The normalized spacial score (nSPS) is 24.2. The van der Waals surface area contributed by atoms with Gasteiger partial charge in [0.2, 0.25) is 5.91 Å². The summed E-state index contributed by atoms with van der Waals surface area (Å²) in [7, 11) is 0. The Hall–Kier alpha value is -3.16. The van der Waals surface area contributed by atoms with Crippen LogP contribution >= 0.6 is 0 Å². The van der Waals surface area contributed by atoms with Crippen LogP contribution in [0.4, 0.5) is 5.69 Å². The van der Waals surface area contributed by atoms with E-state index in [1.807, 2.05) is 20.8 Å². The molecule has 0 N–H and O–H groups in total. The Balaban J connectivity index is 1.04. The van der Waals surface area contributed by atoms with Gasteiger partial charge in [-0.25, -0.2) is 4.98 Å². The highest BCUT2D eigenvalue weighted by molar-refractivity contribution is 5.79. The first kappa shape index (κ1) is 25.1. The zero-order valence-corrected chi connectivity index (χ0v) is 23.0. The van der Waals surface area contributed by atoms with Crippen molar-refractivity contribution in [3.63, 3.8) is 0 Å². The third kappa shape index (κ3) is 4.97. The molecular weight excluding hydrogens is 476 g/mol. The van der Waals surface area contributed by atoms with Crippen LogP contribution in [0.3, 0.4) is 0 Å². The topological polar surface area (TPSA) is 75.9 Å². The fourth-order valence-electron chi connectivity index (χ4n) is 6.66. The third-order valence-corrected chi connectivity index (χ3v) is 8.84. The number of benzene rings is 1. The average Bonchev–Trinajstić information content (AvgIpc) is 3.57. The van der Waals surface area contributed by atoms with E-state index < -0.39 is 0 Å². The number of amides is 1. The summed E-state index contributed by atoms with van der Waals surface area (Å²) in [6.07, 6.45) is 9.00. The van der Waals surface area contributed by atoms with Gasteiger partial charge in [0.15, 0.2) is 5.75 Å². The molecule has 202 valence electrons. The Morgan fingerprint density at radius 2 is 1.63 bits per heavy atom. The summed E-state index contributed by atoms with van der Waals surface area (Å²) in [5, 5.41) is 4.47. The van der Waals surface area contributed by atoms with Gasteiger partial charge in [0, 0.05) is 37.7 Å². The number of anilines is 1. The van der Waals surface area contributed by atoms with Gasteiger partial charge in [-0.15, -0.1) is 5.10 Å². The number of hydrogen-bond acceptors (Lipinski definition) is 6. The van der Waals surface area contributed by atoms with E-state index in [0.717, 1.165) is 75.4 Å². The number of hydrogen-bond donors (Lipinski definition) is 0. The molecule has 0 bridgehead atoms. The number of rotatable bonds is 5. The second-order valence-corrected chi connectivity index (χ2v) is 11.5. The molecule has 4 heterocycles. The maximum atomic E-state index is 12.9. The van der Waals surface area contributed by atoms with Crippen LogP contribution in [0, 0.1) is 26.7 Å². The maximum absolute atomic E-state index is 12.9. The predicted molar refractivity (Wildman–Crippen MR) is 148 cm³/mol. The van der Waals surface area contributed by atoms with Crippen LogP contribution in [0.15, 0.2) is 24.3 Å². The standard InChI is InChI=1S/C30H40N6O2/c1-20-28(21(2)36-30(31-20)32-22(3)33-36)38-27-15-18-35(19-27)26-13-11-24(12-14-26)23-7-9-25(10-8-23)29(37)34-16-5-4-6-17-34/h11-14,23,25,27H,4-10,15-19H2,1-3H3/t23-,25-,27-/m1/s1. The van der Waals surface area contributed by atoms with Gasteiger partial charge in [0.1, 0.15) is 11.9 Å². The monoisotopic (exact) mass is 516 g/mol. The third-order valence-electron chi connectivity index (χ3n) is 8.84. The fourth-order valence-corrected chi connectivity index (χ4v) is 6.66. The molecule has 0 spiro atoms. The predicted octanol–water partition coefficient (Wildman–Crippen LogP) is 4.99. The lowest BCUT2D eigenvalue weighted by Crippen LogP contribution is -2.40. The van der Waals surface area contributed by atoms with E-state index in [0.29, 0.717) is 23.4 Å². The van der Waals surface area contributed by atoms with Crippen LogP contribution in [-0.2, 0) is 4.79 Å². The SMILES string of the molecule is Cc1nc2nc(C)c(O[C@@H]3CCN(c4ccc([C@H]5CC[C@H](C(=O)N6CCCCC6)CC5)cc4)C3)c(C)n2n1. The molecule has 3 aromatic rings. The molecule has 8 nitrogen and oxygen atoms in total. The van der Waals surface area contributed by atoms with Gasteiger partial charge in [0.05, 0.1) is 17.9 Å². The van der Waals surface area contributed by atoms with E-state index in [2.05, 4.69) is 49.1 Å². The molecule has 1 amide bonds. The summed E-state index contributed by atoms with van der Waals surface area (Å²) < 4.78 is 8.25. The molecule has 1 saturated carbocycles. The minimum Gasteiger partial charge on any atom is -0.485 e. The molecule has 8 heteroatoms. The highest BCUT2D eigenvalue weighted by Gasteiger charge is 2.31. The Kier molecular flexibility index (Phi) is 6.97. The number of carbonyl (C=O) groups is 1. The zero-order chi connectivity index (χ0) is 26.2. The van der Waals surface area contributed by atoms with Gasteiger partial charge in [-0.1, -0.05) is 12.1 Å². The van der Waals surface area contributed by atoms with Crippen molar-refractivity contribution in [3.8, 4) is 5.75 Å². The van der Waals surface area contributed by atoms with Crippen molar-refractivity contribution in [1.29, 1.82) is 0 Å². The molecule has 2 aliphatic heterocycles. The first-order chi connectivity index (χ1) is 18.5. The lowest BCUT2D eigenvalue weighted by atomic mass is 9.78. The van der Waals surface area contributed by atoms with Crippen LogP contribution in [0.25, 0.3) is 5.78 Å². The molecular formula is C30H40N6O2. The van der Waals surface area contributed by atoms with Crippen LogP contribution < -0.4 is 9.64 Å². The van der Waals surface area contributed by atoms with Crippen LogP contribution in [0.5, 0.6) is 5.75 Å². The van der Waals surface area contributed by atoms with E-state index in [4.69, 9.17) is 4.74 Å². The van der Waals surface area contributed by atoms with Crippen molar-refractivity contribution in [2.45, 2.75) is 84.2 Å². The molecule has 0 unspecified atom stereocenters. The van der Waals surface area contributed by atoms with E-state index >= 15 is 0 Å². The smallest absolute Gasteiger partial charge is 0.253 e. The van der Waals surface area contributed by atoms with Gasteiger partial charge in [-0.05, 0) is 89.3 Å². The lowest BCUT2D eigenvalue weighted by Gasteiger charge is -2.34. The zero-order valence-electron chi connectivity index (χ0n) is 23.0. The number of fused-ring (bicyclic) bond motifs is 1. The van der Waals surface area contributed by atoms with Gasteiger partial charge in [-0.3, -0.25) is 4.79 Å². The molecule has 2 aromatic heterocycles. The summed E-state index contributed by atoms with van der Waals surface area (Å²) in [5.41, 5.74) is 4.47. The summed E-state index contributed by atoms with van der Waals surface area (Å²) in [6, 6.07) is 9.15. The molecule has 38 heavy (non-hydrogen) atoms. The van der Waals surface area contributed by atoms with Crippen molar-refractivity contribution in [1.82, 2.24) is 24.5 Å². The van der Waals surface area contributed by atoms with E-state index in [9.17, 15) is 4.79 Å². The summed E-state index contributed by atoms with van der Waals surface area (Å²) in [6.45, 7) is 9.65. The first-order valence-corrected chi connectivity index (χ1v) is 14.5. The molecule has 6 rings (SSSR count). The molecule has 2 saturated heterocycles. The number of aromatic nitrogens is 4. The highest BCUT2D eigenvalue weighted by Crippen LogP contribution is 2.38. The average molecular weight is 517 g/mol. The fraction of sp³-hybridized carbons (Fsp3) is 0.600. The number of ether oxygens (including phenoxy) is 1. The minimum absolute atomic E-state index is 0.115. The van der Waals surface area contributed by atoms with Gasteiger partial charge in [0.25, 0.3) is 5.78 Å². The summed E-state index contributed by atoms with van der Waals surface area (Å²) >= 11 is 0. The number of aryl methyl sites for hydroxylation is 3. The quantitative estimate of drug-likeness (QED) is 0.475. The Labute approximate surface area is 225 Å². The number of nitrogens with zero attached hydrogens (tertiary/aromatic N) is 6. The van der Waals surface area contributed by atoms with Gasteiger partial charge in [-0.2, -0.15) is 9.50 Å². The number of likely N-dealkylation sites (tertiary alicyclic amines) is 1. The van der Waals surface area contributed by atoms with Crippen LogP contribution in [0.2, 0.25) is 0 Å². The van der Waals surface area contributed by atoms with Crippen molar-refractivity contribution in [2.75, 3.05) is 31.1 Å². The van der Waals surface area contributed by atoms with Crippen molar-refractivity contribution in [2.24, 2.45) is 5.92 Å². The van der Waals surface area contributed by atoms with Crippen LogP contribution in [-0.4, -0.2) is 62.7 Å². The Morgan fingerprint density at radius 3 is 2.37 bits per heavy atom. The second kappa shape index (κ2) is 10.5. The van der Waals surface area contributed by atoms with E-state index in [1.165, 1.54) is 30.5 Å².